The van der Waals surface area contributed by atoms with E-state index in [-0.39, 0.29) is 12.0 Å². The van der Waals surface area contributed by atoms with Gasteiger partial charge in [-0.2, -0.15) is 4.98 Å². The van der Waals surface area contributed by atoms with Gasteiger partial charge in [0.1, 0.15) is 5.82 Å². The Bertz CT molecular complexity index is 602. The molecule has 0 unspecified atom stereocenters. The Hall–Kier alpha value is -1.93. The summed E-state index contributed by atoms with van der Waals surface area (Å²) in [5.74, 6) is 1.55. The summed E-state index contributed by atoms with van der Waals surface area (Å²) in [4.78, 5) is 24.6. The average Bonchev–Trinajstić information content (AvgIpc) is 2.59. The molecule has 1 atom stereocenters. The molecule has 3 heterocycles. The van der Waals surface area contributed by atoms with Crippen molar-refractivity contribution in [2.24, 2.45) is 0 Å². The highest BCUT2D eigenvalue weighted by Crippen LogP contribution is 2.26. The first-order chi connectivity index (χ1) is 11.5. The van der Waals surface area contributed by atoms with Crippen molar-refractivity contribution in [1.82, 2.24) is 14.9 Å². The van der Waals surface area contributed by atoms with Crippen LogP contribution in [0, 0.1) is 0 Å². The molecule has 2 aliphatic rings. The number of nitrogens with one attached hydrogen (secondary N) is 1. The first kappa shape index (κ1) is 16.9. The molecule has 8 nitrogen and oxygen atoms in total. The lowest BCUT2D eigenvalue weighted by molar-refractivity contribution is -0.129. The molecule has 1 amide bonds. The highest BCUT2D eigenvalue weighted by molar-refractivity contribution is 5.73. The molecule has 0 aromatic carbocycles. The Balaban J connectivity index is 1.80. The summed E-state index contributed by atoms with van der Waals surface area (Å²) in [6.07, 6.45) is 0.789. The number of amides is 1. The molecular weight excluding hydrogens is 310 g/mol. The van der Waals surface area contributed by atoms with Crippen LogP contribution in [0.1, 0.15) is 18.2 Å². The summed E-state index contributed by atoms with van der Waals surface area (Å²) >= 11 is 0. The van der Waals surface area contributed by atoms with Crippen LogP contribution in [0.3, 0.4) is 0 Å². The Morgan fingerprint density at radius 1 is 1.38 bits per heavy atom. The Morgan fingerprint density at radius 3 is 2.88 bits per heavy atom. The molecule has 1 N–H and O–H groups in total. The largest absolute Gasteiger partial charge is 0.376 e. The van der Waals surface area contributed by atoms with E-state index in [9.17, 15) is 4.79 Å². The van der Waals surface area contributed by atoms with E-state index in [0.29, 0.717) is 45.4 Å². The molecule has 3 rings (SSSR count). The maximum atomic E-state index is 11.7. The molecular formula is C16H25N5O3. The maximum Gasteiger partial charge on any atom is 0.227 e. The van der Waals surface area contributed by atoms with Gasteiger partial charge in [0.25, 0.3) is 0 Å². The molecule has 0 spiro atoms. The van der Waals surface area contributed by atoms with Gasteiger partial charge < -0.3 is 24.6 Å². The number of aromatic nitrogens is 2. The summed E-state index contributed by atoms with van der Waals surface area (Å²) in [7, 11) is 3.82. The van der Waals surface area contributed by atoms with Crippen LogP contribution in [-0.2, 0) is 27.2 Å². The Kier molecular flexibility index (Phi) is 5.15. The lowest BCUT2D eigenvalue weighted by Crippen LogP contribution is -2.37. The Labute approximate surface area is 142 Å². The Morgan fingerprint density at radius 2 is 2.21 bits per heavy atom. The van der Waals surface area contributed by atoms with E-state index in [1.807, 2.05) is 23.9 Å². The van der Waals surface area contributed by atoms with Gasteiger partial charge in [0.05, 0.1) is 38.2 Å². The first-order valence-electron chi connectivity index (χ1n) is 8.30. The molecule has 0 saturated carbocycles. The van der Waals surface area contributed by atoms with Crippen molar-refractivity contribution in [3.05, 3.63) is 11.3 Å². The minimum absolute atomic E-state index is 0.0319. The molecule has 24 heavy (non-hydrogen) atoms. The minimum Gasteiger partial charge on any atom is -0.376 e. The molecule has 1 aromatic heterocycles. The van der Waals surface area contributed by atoms with Crippen molar-refractivity contribution < 1.29 is 14.3 Å². The number of carbonyl (C=O) groups excluding carboxylic acids is 1. The second kappa shape index (κ2) is 7.31. The van der Waals surface area contributed by atoms with Gasteiger partial charge in [0.2, 0.25) is 11.9 Å². The highest BCUT2D eigenvalue weighted by atomic mass is 16.6. The summed E-state index contributed by atoms with van der Waals surface area (Å²) in [6.45, 7) is 5.36. The van der Waals surface area contributed by atoms with Gasteiger partial charge >= 0.3 is 0 Å². The lowest BCUT2D eigenvalue weighted by atomic mass is 10.1. The third-order valence-electron chi connectivity index (χ3n) is 4.28. The van der Waals surface area contributed by atoms with Crippen LogP contribution in [-0.4, -0.2) is 73.9 Å². The van der Waals surface area contributed by atoms with Crippen LogP contribution in [0.5, 0.6) is 0 Å². The molecule has 2 aliphatic heterocycles. The monoisotopic (exact) mass is 335 g/mol. The first-order valence-corrected chi connectivity index (χ1v) is 8.30. The number of carbonyl (C=O) groups is 1. The molecule has 0 aliphatic carbocycles. The fourth-order valence-electron chi connectivity index (χ4n) is 2.90. The van der Waals surface area contributed by atoms with E-state index in [2.05, 4.69) is 15.3 Å². The average molecular weight is 335 g/mol. The molecule has 1 fully saturated rings. The van der Waals surface area contributed by atoms with Crippen LogP contribution >= 0.6 is 0 Å². The van der Waals surface area contributed by atoms with Crippen LogP contribution in [0.25, 0.3) is 0 Å². The standard InChI is InChI=1S/C16H25N5O3/c1-11(22)21-5-4-13-14(9-21)18-16(20(2)3)19-15(13)17-8-12-10-23-6-7-24-12/h12H,4-10H2,1-3H3,(H,17,18,19)/t12-/m1/s1. The van der Waals surface area contributed by atoms with Crippen molar-refractivity contribution in [1.29, 1.82) is 0 Å². The number of rotatable bonds is 4. The second-order valence-corrected chi connectivity index (χ2v) is 6.33. The molecule has 8 heteroatoms. The molecule has 0 radical (unpaired) electrons. The number of hydrogen-bond acceptors (Lipinski definition) is 7. The van der Waals surface area contributed by atoms with E-state index in [1.165, 1.54) is 0 Å². The summed E-state index contributed by atoms with van der Waals surface area (Å²) in [6, 6.07) is 0. The van der Waals surface area contributed by atoms with E-state index in [1.54, 1.807) is 6.92 Å². The molecule has 0 bridgehead atoms. The van der Waals surface area contributed by atoms with Crippen molar-refractivity contribution in [2.75, 3.05) is 57.2 Å². The third kappa shape index (κ3) is 3.76. The fourth-order valence-corrected chi connectivity index (χ4v) is 2.90. The zero-order valence-corrected chi connectivity index (χ0v) is 14.5. The smallest absolute Gasteiger partial charge is 0.227 e. The third-order valence-corrected chi connectivity index (χ3v) is 4.28. The van der Waals surface area contributed by atoms with Crippen molar-refractivity contribution in [3.8, 4) is 0 Å². The van der Waals surface area contributed by atoms with Gasteiger partial charge in [-0.1, -0.05) is 0 Å². The van der Waals surface area contributed by atoms with Gasteiger partial charge in [-0.05, 0) is 6.42 Å². The normalized spacial score (nSPS) is 20.5. The van der Waals surface area contributed by atoms with E-state index in [0.717, 1.165) is 23.5 Å². The number of ether oxygens (including phenoxy) is 2. The second-order valence-electron chi connectivity index (χ2n) is 6.33. The van der Waals surface area contributed by atoms with E-state index in [4.69, 9.17) is 9.47 Å². The van der Waals surface area contributed by atoms with Gasteiger partial charge in [0, 0.05) is 39.7 Å². The maximum absolute atomic E-state index is 11.7. The van der Waals surface area contributed by atoms with E-state index >= 15 is 0 Å². The summed E-state index contributed by atoms with van der Waals surface area (Å²) in [5, 5.41) is 3.40. The van der Waals surface area contributed by atoms with Gasteiger partial charge in [-0.15, -0.1) is 0 Å². The number of anilines is 2. The zero-order chi connectivity index (χ0) is 17.1. The van der Waals surface area contributed by atoms with Crippen LogP contribution in [0.2, 0.25) is 0 Å². The molecule has 1 aromatic rings. The SMILES string of the molecule is CC(=O)N1CCc2c(nc(N(C)C)nc2NC[C@@H]2COCCO2)C1. The predicted molar refractivity (Wildman–Crippen MR) is 90.2 cm³/mol. The van der Waals surface area contributed by atoms with Crippen molar-refractivity contribution in [2.45, 2.75) is 26.0 Å². The quantitative estimate of drug-likeness (QED) is 0.846. The lowest BCUT2D eigenvalue weighted by Gasteiger charge is -2.30. The zero-order valence-electron chi connectivity index (χ0n) is 14.5. The predicted octanol–water partition coefficient (Wildman–Crippen LogP) is 0.275. The highest BCUT2D eigenvalue weighted by Gasteiger charge is 2.25. The number of hydrogen-bond donors (Lipinski definition) is 1. The van der Waals surface area contributed by atoms with Gasteiger partial charge in [-0.25, -0.2) is 4.98 Å². The fraction of sp³-hybridized carbons (Fsp3) is 0.688. The topological polar surface area (TPSA) is 79.8 Å². The summed E-state index contributed by atoms with van der Waals surface area (Å²) < 4.78 is 11.1. The van der Waals surface area contributed by atoms with Crippen LogP contribution in [0.15, 0.2) is 0 Å². The van der Waals surface area contributed by atoms with Gasteiger partial charge in [0.15, 0.2) is 0 Å². The molecule has 1 saturated heterocycles. The number of fused-ring (bicyclic) bond motifs is 1. The van der Waals surface area contributed by atoms with Gasteiger partial charge in [-0.3, -0.25) is 4.79 Å². The number of nitrogens with zero attached hydrogens (tertiary/aromatic N) is 4. The van der Waals surface area contributed by atoms with Crippen LogP contribution < -0.4 is 10.2 Å². The van der Waals surface area contributed by atoms with Crippen molar-refractivity contribution >= 4 is 17.7 Å². The van der Waals surface area contributed by atoms with E-state index < -0.39 is 0 Å². The summed E-state index contributed by atoms with van der Waals surface area (Å²) in [5.41, 5.74) is 2.01. The van der Waals surface area contributed by atoms with Crippen LogP contribution in [0.4, 0.5) is 11.8 Å². The minimum atomic E-state index is 0.0319. The molecule has 132 valence electrons. The van der Waals surface area contributed by atoms with Crippen molar-refractivity contribution in [3.63, 3.8) is 0 Å².